The number of carbonyl (C=O) groups is 3. The molecule has 330 valence electrons. The maximum absolute atomic E-state index is 11.9. The van der Waals surface area contributed by atoms with E-state index < -0.39 is 23.5 Å². The number of rotatable bonds is 28. The van der Waals surface area contributed by atoms with Gasteiger partial charge in [0.05, 0.1) is 42.5 Å². The number of ether oxygens (including phenoxy) is 1. The van der Waals surface area contributed by atoms with Gasteiger partial charge in [0.1, 0.15) is 43.6 Å². The maximum Gasteiger partial charge on any atom is 0.344 e. The van der Waals surface area contributed by atoms with Crippen molar-refractivity contribution in [2.45, 2.75) is 168 Å². The van der Waals surface area contributed by atoms with Crippen LogP contribution < -0.4 is 24.1 Å². The Morgan fingerprint density at radius 1 is 0.590 bits per heavy atom. The number of imidazole rings is 2. The molecule has 0 unspecified atom stereocenters. The summed E-state index contributed by atoms with van der Waals surface area (Å²) in [7, 11) is 0. The number of aromatic nitrogens is 4. The van der Waals surface area contributed by atoms with Crippen molar-refractivity contribution in [3.05, 3.63) is 102 Å². The Balaban J connectivity index is 0.000000315. The molecule has 0 aliphatic carbocycles. The summed E-state index contributed by atoms with van der Waals surface area (Å²) >= 11 is 0. The topological polar surface area (TPSA) is 193 Å². The highest BCUT2D eigenvalue weighted by atomic mass is 16.5. The minimum absolute atomic E-state index is 0.232. The highest BCUT2D eigenvalue weighted by Crippen LogP contribution is 2.17. The number of hydrogen-bond acceptors (Lipinski definition) is 8. The molecular weight excluding hydrogens is 769 g/mol. The van der Waals surface area contributed by atoms with Crippen molar-refractivity contribution in [2.75, 3.05) is 0 Å². The van der Waals surface area contributed by atoms with E-state index in [1.54, 1.807) is 18.2 Å². The van der Waals surface area contributed by atoms with E-state index in [1.165, 1.54) is 139 Å². The van der Waals surface area contributed by atoms with Gasteiger partial charge in [-0.25, -0.2) is 23.9 Å². The SMILES string of the molecule is CCCCCCCCCCCc1[nH]cc[n+]1CCC#N.CCCCCCCCCCCc1[nH]cc[n+]1CCC#N.O=C([O-])c1ccc(C(=O)Oc2ccccc2)c(C(=O)[O-])c1. The van der Waals surface area contributed by atoms with Gasteiger partial charge in [0.25, 0.3) is 11.6 Å². The number of H-pyrrole nitrogens is 2. The van der Waals surface area contributed by atoms with E-state index in [9.17, 15) is 24.6 Å². The van der Waals surface area contributed by atoms with Crippen molar-refractivity contribution in [2.24, 2.45) is 0 Å². The fraction of sp³-hybridized carbons (Fsp3) is 0.531. The molecule has 4 rings (SSSR count). The van der Waals surface area contributed by atoms with Gasteiger partial charge in [-0.15, -0.1) is 0 Å². The first kappa shape index (κ1) is 51.4. The average Bonchev–Trinajstić information content (AvgIpc) is 3.93. The van der Waals surface area contributed by atoms with Crippen molar-refractivity contribution < 1.29 is 38.5 Å². The molecule has 4 aromatic rings. The Hall–Kier alpha value is -5.75. The lowest BCUT2D eigenvalue weighted by Crippen LogP contribution is -2.35. The van der Waals surface area contributed by atoms with Crippen LogP contribution in [0.3, 0.4) is 0 Å². The predicted octanol–water partition coefficient (Wildman–Crippen LogP) is 8.21. The van der Waals surface area contributed by atoms with Gasteiger partial charge in [0.15, 0.2) is 0 Å². The fourth-order valence-corrected chi connectivity index (χ4v) is 6.86. The first-order valence-corrected chi connectivity index (χ1v) is 22.4. The third-order valence-electron chi connectivity index (χ3n) is 10.3. The van der Waals surface area contributed by atoms with E-state index in [0.29, 0.717) is 12.8 Å². The van der Waals surface area contributed by atoms with E-state index in [0.717, 1.165) is 44.1 Å². The predicted molar refractivity (Wildman–Crippen MR) is 231 cm³/mol. The number of benzene rings is 2. The summed E-state index contributed by atoms with van der Waals surface area (Å²) in [6, 6.07) is 15.3. The molecule has 12 nitrogen and oxygen atoms in total. The highest BCUT2D eigenvalue weighted by Gasteiger charge is 2.16. The van der Waals surface area contributed by atoms with Crippen LogP contribution in [0.2, 0.25) is 0 Å². The van der Waals surface area contributed by atoms with Gasteiger partial charge >= 0.3 is 5.97 Å². The largest absolute Gasteiger partial charge is 0.545 e. The van der Waals surface area contributed by atoms with E-state index >= 15 is 0 Å². The summed E-state index contributed by atoms with van der Waals surface area (Å²) in [4.78, 5) is 40.3. The van der Waals surface area contributed by atoms with Crippen LogP contribution in [0.5, 0.6) is 5.75 Å². The molecule has 2 heterocycles. The Kier molecular flexibility index (Phi) is 27.8. The zero-order chi connectivity index (χ0) is 44.3. The molecule has 61 heavy (non-hydrogen) atoms. The molecule has 2 aromatic heterocycles. The molecule has 0 bridgehead atoms. The molecule has 12 heteroatoms. The summed E-state index contributed by atoms with van der Waals surface area (Å²) in [5, 5.41) is 39.0. The van der Waals surface area contributed by atoms with Crippen LogP contribution in [0.1, 0.15) is 185 Å². The van der Waals surface area contributed by atoms with Crippen molar-refractivity contribution in [3.8, 4) is 17.9 Å². The number of carbonyl (C=O) groups excluding carboxylic acids is 3. The molecule has 0 saturated heterocycles. The lowest BCUT2D eigenvalue weighted by Gasteiger charge is -2.12. The lowest BCUT2D eigenvalue weighted by atomic mass is 10.0. The molecule has 2 aromatic carbocycles. The third-order valence-corrected chi connectivity index (χ3v) is 10.3. The smallest absolute Gasteiger partial charge is 0.344 e. The standard InChI is InChI=1S/2C17H29N3.C15H10O6/c2*1-2-3-4-5-6-7-8-9-10-12-17-19-14-16-20(17)15-11-13-18;16-13(17)9-6-7-11(12(8-9)14(18)19)15(20)21-10-4-2-1-3-5-10/h2*14,16H,2-12,15H2,1H3;1-8H,(H,16,17)(H,18,19). The molecule has 0 radical (unpaired) electrons. The number of aryl methyl sites for hydroxylation is 4. The van der Waals surface area contributed by atoms with Crippen LogP contribution in [0.25, 0.3) is 0 Å². The van der Waals surface area contributed by atoms with Crippen molar-refractivity contribution in [1.29, 1.82) is 10.5 Å². The van der Waals surface area contributed by atoms with E-state index in [4.69, 9.17) is 15.3 Å². The van der Waals surface area contributed by atoms with Gasteiger partial charge in [-0.05, 0) is 42.7 Å². The zero-order valence-corrected chi connectivity index (χ0v) is 36.6. The van der Waals surface area contributed by atoms with Gasteiger partial charge < -0.3 is 24.5 Å². The molecule has 0 aliphatic heterocycles. The molecule has 0 spiro atoms. The Bertz CT molecular complexity index is 1820. The van der Waals surface area contributed by atoms with Gasteiger partial charge in [0.2, 0.25) is 0 Å². The van der Waals surface area contributed by atoms with E-state index in [2.05, 4.69) is 45.1 Å². The molecule has 2 N–H and O–H groups in total. The normalized spacial score (nSPS) is 10.4. The number of aromatic carboxylic acids is 2. The summed E-state index contributed by atoms with van der Waals surface area (Å²) in [6.07, 6.45) is 36.0. The van der Waals surface area contributed by atoms with Gasteiger partial charge in [0, 0.05) is 18.4 Å². The van der Waals surface area contributed by atoms with Crippen LogP contribution >= 0.6 is 0 Å². The highest BCUT2D eigenvalue weighted by molar-refractivity contribution is 6.04. The number of carboxylic acid groups (broad SMARTS) is 2. The molecule has 0 amide bonds. The average molecular weight is 837 g/mol. The molecule has 0 aliphatic rings. The Morgan fingerprint density at radius 3 is 1.44 bits per heavy atom. The Morgan fingerprint density at radius 2 is 1.03 bits per heavy atom. The second-order valence-electron chi connectivity index (χ2n) is 15.2. The van der Waals surface area contributed by atoms with Gasteiger partial charge in [-0.3, -0.25) is 0 Å². The lowest BCUT2D eigenvalue weighted by molar-refractivity contribution is -0.702. The molecular formula is C49H68N6O6. The number of hydrogen-bond donors (Lipinski definition) is 2. The third kappa shape index (κ3) is 22.4. The van der Waals surface area contributed by atoms with Crippen molar-refractivity contribution in [3.63, 3.8) is 0 Å². The second kappa shape index (κ2) is 33.0. The first-order valence-electron chi connectivity index (χ1n) is 22.4. The van der Waals surface area contributed by atoms with Gasteiger partial charge in [-0.2, -0.15) is 10.5 Å². The fourth-order valence-electron chi connectivity index (χ4n) is 6.86. The maximum atomic E-state index is 11.9. The van der Waals surface area contributed by atoms with Gasteiger partial charge in [-0.1, -0.05) is 141 Å². The molecule has 0 saturated carbocycles. The minimum Gasteiger partial charge on any atom is -0.545 e. The number of aromatic amines is 2. The first-order chi connectivity index (χ1) is 29.7. The number of carboxylic acids is 2. The van der Waals surface area contributed by atoms with Crippen LogP contribution in [0, 0.1) is 22.7 Å². The summed E-state index contributed by atoms with van der Waals surface area (Å²) in [5.74, 6) is -1.40. The molecule has 0 atom stereocenters. The molecule has 0 fully saturated rings. The second-order valence-corrected chi connectivity index (χ2v) is 15.2. The monoisotopic (exact) mass is 837 g/mol. The number of nitrogens with one attached hydrogen (secondary N) is 2. The van der Waals surface area contributed by atoms with Crippen molar-refractivity contribution >= 4 is 17.9 Å². The van der Waals surface area contributed by atoms with E-state index in [1.807, 2.05) is 24.8 Å². The van der Waals surface area contributed by atoms with Crippen molar-refractivity contribution in [1.82, 2.24) is 9.97 Å². The summed E-state index contributed by atoms with van der Waals surface area (Å²) in [5.41, 5.74) is -1.24. The summed E-state index contributed by atoms with van der Waals surface area (Å²) in [6.45, 7) is 6.16. The minimum atomic E-state index is -1.68. The van der Waals surface area contributed by atoms with Crippen LogP contribution in [0.15, 0.2) is 73.3 Å². The number of para-hydroxylation sites is 1. The Labute approximate surface area is 363 Å². The van der Waals surface area contributed by atoms with Crippen LogP contribution in [-0.4, -0.2) is 27.9 Å². The number of unbranched alkanes of at least 4 members (excludes halogenated alkanes) is 16. The van der Waals surface area contributed by atoms with Crippen LogP contribution in [0.4, 0.5) is 0 Å². The number of nitriles is 2. The quantitative estimate of drug-likeness (QED) is 0.0247. The van der Waals surface area contributed by atoms with E-state index in [-0.39, 0.29) is 16.9 Å². The number of esters is 1. The summed E-state index contributed by atoms with van der Waals surface area (Å²) < 4.78 is 9.35. The zero-order valence-electron chi connectivity index (χ0n) is 36.6. The number of nitrogens with zero attached hydrogens (tertiary/aromatic N) is 4. The van der Waals surface area contributed by atoms with Crippen LogP contribution in [-0.2, 0) is 25.9 Å².